The summed E-state index contributed by atoms with van der Waals surface area (Å²) in [5.74, 6) is -0.439. The van der Waals surface area contributed by atoms with Crippen LogP contribution in [-0.2, 0) is 65.4 Å². The third-order valence-electron chi connectivity index (χ3n) is 20.1. The van der Waals surface area contributed by atoms with Gasteiger partial charge in [0.05, 0.1) is 26.4 Å². The standard InChI is InChI=1S/C85H162O17P2/c1-7-11-13-15-17-19-21-23-24-33-39-45-51-57-63-69-84(89)101-80(73-95-82(87)67-61-55-49-43-37-29-22-20-18-16-14-12-8-2)75-99-103(91,92)97-71-79(86)72-98-104(93,94)100-76-81(102-85(90)70-64-58-52-46-40-34-28-26-31-36-42-48-54-60-66-78(6)10-4)74-96-83(88)68-62-56-50-44-38-32-27-25-30-35-41-47-53-59-65-77(5)9-3/h19,21,23-24,77-81,86H,7-18,20,22,25-76H2,1-6H3,(H,91,92)(H,93,94)/b21-19-,24-23-/t77?,78?,79-,80+,81+/m0/s1. The topological polar surface area (TPSA) is 237 Å². The Labute approximate surface area is 637 Å². The zero-order valence-electron chi connectivity index (χ0n) is 67.8. The number of carbonyl (C=O) groups is 4. The summed E-state index contributed by atoms with van der Waals surface area (Å²) in [5.41, 5.74) is 0. The van der Waals surface area contributed by atoms with Crippen molar-refractivity contribution in [2.45, 2.75) is 445 Å². The van der Waals surface area contributed by atoms with Crippen molar-refractivity contribution < 1.29 is 80.2 Å². The monoisotopic (exact) mass is 1520 g/mol. The largest absolute Gasteiger partial charge is 0.472 e. The Hall–Kier alpha value is -2.46. The van der Waals surface area contributed by atoms with Crippen LogP contribution in [0.4, 0.5) is 0 Å². The van der Waals surface area contributed by atoms with Crippen LogP contribution < -0.4 is 0 Å². The molecule has 0 aliphatic heterocycles. The van der Waals surface area contributed by atoms with Gasteiger partial charge in [-0.3, -0.25) is 37.3 Å². The third kappa shape index (κ3) is 75.0. The molecule has 0 fully saturated rings. The normalized spacial score (nSPS) is 14.5. The van der Waals surface area contributed by atoms with Crippen LogP contribution in [0.1, 0.15) is 427 Å². The number of allylic oxidation sites excluding steroid dienone is 4. The predicted octanol–water partition coefficient (Wildman–Crippen LogP) is 25.4. The first-order valence-electron chi connectivity index (χ1n) is 43.4. The van der Waals surface area contributed by atoms with Gasteiger partial charge in [-0.05, 0) is 63.2 Å². The number of hydrogen-bond acceptors (Lipinski definition) is 15. The van der Waals surface area contributed by atoms with Crippen LogP contribution >= 0.6 is 15.6 Å². The Kier molecular flexibility index (Phi) is 74.1. The van der Waals surface area contributed by atoms with Crippen molar-refractivity contribution in [3.63, 3.8) is 0 Å². The van der Waals surface area contributed by atoms with Gasteiger partial charge in [-0.25, -0.2) is 9.13 Å². The number of esters is 4. The van der Waals surface area contributed by atoms with Crippen molar-refractivity contribution >= 4 is 39.5 Å². The van der Waals surface area contributed by atoms with Crippen molar-refractivity contribution in [3.05, 3.63) is 24.3 Å². The van der Waals surface area contributed by atoms with E-state index in [-0.39, 0.29) is 25.7 Å². The molecule has 0 saturated heterocycles. The van der Waals surface area contributed by atoms with Gasteiger partial charge in [0, 0.05) is 25.7 Å². The summed E-state index contributed by atoms with van der Waals surface area (Å²) < 4.78 is 68.8. The van der Waals surface area contributed by atoms with E-state index in [4.69, 9.17) is 37.0 Å². The van der Waals surface area contributed by atoms with Crippen molar-refractivity contribution in [3.8, 4) is 0 Å². The van der Waals surface area contributed by atoms with Gasteiger partial charge >= 0.3 is 39.5 Å². The van der Waals surface area contributed by atoms with E-state index in [0.717, 1.165) is 115 Å². The summed E-state index contributed by atoms with van der Waals surface area (Å²) in [7, 11) is -9.94. The lowest BCUT2D eigenvalue weighted by Gasteiger charge is -2.21. The molecule has 0 aliphatic carbocycles. The van der Waals surface area contributed by atoms with E-state index in [0.29, 0.717) is 25.7 Å². The molecule has 0 aromatic carbocycles. The fraction of sp³-hybridized carbons (Fsp3) is 0.906. The molecule has 19 heteroatoms. The first kappa shape index (κ1) is 102. The van der Waals surface area contributed by atoms with Gasteiger partial charge in [0.15, 0.2) is 12.2 Å². The summed E-state index contributed by atoms with van der Waals surface area (Å²) in [6.45, 7) is 9.71. The highest BCUT2D eigenvalue weighted by Crippen LogP contribution is 2.45. The molecule has 0 heterocycles. The van der Waals surface area contributed by atoms with E-state index in [9.17, 15) is 43.2 Å². The predicted molar refractivity (Wildman–Crippen MR) is 427 cm³/mol. The summed E-state index contributed by atoms with van der Waals surface area (Å²) in [6.07, 6.45) is 69.9. The Bertz CT molecular complexity index is 2090. The summed E-state index contributed by atoms with van der Waals surface area (Å²) in [6, 6.07) is 0. The Balaban J connectivity index is 5.30. The average molecular weight is 1520 g/mol. The molecule has 0 amide bonds. The molecule has 0 rings (SSSR count). The molecule has 104 heavy (non-hydrogen) atoms. The van der Waals surface area contributed by atoms with Crippen molar-refractivity contribution in [1.29, 1.82) is 0 Å². The molecule has 4 unspecified atom stereocenters. The number of rotatable bonds is 82. The van der Waals surface area contributed by atoms with Crippen LogP contribution in [-0.4, -0.2) is 96.7 Å². The molecular formula is C85H162O17P2. The van der Waals surface area contributed by atoms with E-state index in [1.54, 1.807) is 0 Å². The van der Waals surface area contributed by atoms with E-state index >= 15 is 0 Å². The smallest absolute Gasteiger partial charge is 0.462 e. The summed E-state index contributed by atoms with van der Waals surface area (Å²) in [5, 5.41) is 10.7. The zero-order chi connectivity index (χ0) is 76.4. The molecule has 0 radical (unpaired) electrons. The van der Waals surface area contributed by atoms with Gasteiger partial charge in [0.2, 0.25) is 0 Å². The number of phosphoric ester groups is 2. The molecule has 0 aromatic heterocycles. The lowest BCUT2D eigenvalue weighted by Crippen LogP contribution is -2.30. The lowest BCUT2D eigenvalue weighted by molar-refractivity contribution is -0.161. The highest BCUT2D eigenvalue weighted by atomic mass is 31.2. The molecule has 0 spiro atoms. The lowest BCUT2D eigenvalue weighted by atomic mass is 9.99. The maximum atomic E-state index is 13.1. The second kappa shape index (κ2) is 75.9. The number of carbonyl (C=O) groups excluding carboxylic acids is 4. The van der Waals surface area contributed by atoms with Gasteiger partial charge in [-0.2, -0.15) is 0 Å². The molecule has 0 bridgehead atoms. The fourth-order valence-corrected chi connectivity index (χ4v) is 14.2. The first-order valence-corrected chi connectivity index (χ1v) is 46.4. The van der Waals surface area contributed by atoms with Crippen LogP contribution in [0.5, 0.6) is 0 Å². The number of unbranched alkanes of at least 4 members (excludes halogenated alkanes) is 47. The van der Waals surface area contributed by atoms with Crippen LogP contribution in [0, 0.1) is 11.8 Å². The molecule has 3 N–H and O–H groups in total. The third-order valence-corrected chi connectivity index (χ3v) is 22.0. The molecule has 0 aromatic rings. The second-order valence-corrected chi connectivity index (χ2v) is 33.3. The van der Waals surface area contributed by atoms with Crippen molar-refractivity contribution in [2.75, 3.05) is 39.6 Å². The quantitative estimate of drug-likeness (QED) is 0.0169. The maximum Gasteiger partial charge on any atom is 0.472 e. The highest BCUT2D eigenvalue weighted by molar-refractivity contribution is 7.47. The Morgan fingerprint density at radius 1 is 0.308 bits per heavy atom. The van der Waals surface area contributed by atoms with Gasteiger partial charge < -0.3 is 33.8 Å². The minimum Gasteiger partial charge on any atom is -0.462 e. The number of phosphoric acid groups is 2. The minimum atomic E-state index is -4.97. The average Bonchev–Trinajstić information content (AvgIpc) is 0.904. The summed E-state index contributed by atoms with van der Waals surface area (Å²) in [4.78, 5) is 73.2. The van der Waals surface area contributed by atoms with E-state index in [2.05, 4.69) is 65.8 Å². The molecule has 0 aliphatic rings. The van der Waals surface area contributed by atoms with E-state index < -0.39 is 97.5 Å². The Morgan fingerprint density at radius 3 is 0.817 bits per heavy atom. The molecule has 0 saturated carbocycles. The van der Waals surface area contributed by atoms with Crippen LogP contribution in [0.3, 0.4) is 0 Å². The number of aliphatic hydroxyl groups excluding tert-OH is 1. The maximum absolute atomic E-state index is 13.1. The van der Waals surface area contributed by atoms with E-state index in [1.165, 1.54) is 231 Å². The van der Waals surface area contributed by atoms with Crippen LogP contribution in [0.2, 0.25) is 0 Å². The first-order chi connectivity index (χ1) is 50.4. The Morgan fingerprint density at radius 2 is 0.538 bits per heavy atom. The van der Waals surface area contributed by atoms with Crippen molar-refractivity contribution in [1.82, 2.24) is 0 Å². The molecule has 7 atom stereocenters. The van der Waals surface area contributed by atoms with Gasteiger partial charge in [0.25, 0.3) is 0 Å². The van der Waals surface area contributed by atoms with Crippen LogP contribution in [0.15, 0.2) is 24.3 Å². The number of aliphatic hydroxyl groups is 1. The minimum absolute atomic E-state index is 0.0856. The summed E-state index contributed by atoms with van der Waals surface area (Å²) >= 11 is 0. The highest BCUT2D eigenvalue weighted by Gasteiger charge is 2.30. The van der Waals surface area contributed by atoms with Gasteiger partial charge in [-0.1, -0.05) is 374 Å². The molecule has 614 valence electrons. The molecule has 17 nitrogen and oxygen atoms in total. The molecular weight excluding hydrogens is 1350 g/mol. The van der Waals surface area contributed by atoms with E-state index in [1.807, 2.05) is 0 Å². The zero-order valence-corrected chi connectivity index (χ0v) is 69.6. The number of ether oxygens (including phenoxy) is 4. The fourth-order valence-electron chi connectivity index (χ4n) is 12.6. The van der Waals surface area contributed by atoms with Crippen molar-refractivity contribution in [2.24, 2.45) is 11.8 Å². The van der Waals surface area contributed by atoms with Gasteiger partial charge in [-0.15, -0.1) is 0 Å². The van der Waals surface area contributed by atoms with Gasteiger partial charge in [0.1, 0.15) is 19.3 Å². The van der Waals surface area contributed by atoms with Crippen LogP contribution in [0.25, 0.3) is 0 Å². The second-order valence-electron chi connectivity index (χ2n) is 30.4. The SMILES string of the molecule is CCCCCC/C=C\C=C/CCCCCCCC(=O)O[C@H](COC(=O)CCCCCCCCCCCCCCC)COP(=O)(O)OC[C@H](O)COP(=O)(O)OC[C@@H](COC(=O)CCCCCCCCCCCCCCCCC(C)CC)OC(=O)CCCCCCCCCCCCCCCCC(C)CC. The number of hydrogen-bond donors (Lipinski definition) is 3.